The van der Waals surface area contributed by atoms with Crippen LogP contribution in [0.15, 0.2) is 12.2 Å². The van der Waals surface area contributed by atoms with Crippen molar-refractivity contribution in [2.45, 2.75) is 224 Å². The van der Waals surface area contributed by atoms with E-state index >= 15 is 0 Å². The van der Waals surface area contributed by atoms with Crippen LogP contribution < -0.4 is 4.89 Å². The average molecular weight is 890 g/mol. The number of hydrogen-bond acceptors (Lipinski definition) is 11. The molecule has 0 aliphatic heterocycles. The Morgan fingerprint density at radius 1 is 0.689 bits per heavy atom. The Balaban J connectivity index is 2.41. The molecule has 0 saturated heterocycles. The highest BCUT2D eigenvalue weighted by Gasteiger charge is 2.39. The molecule has 360 valence electrons. The minimum atomic E-state index is -4.68. The molecule has 1 fully saturated rings. The van der Waals surface area contributed by atoms with E-state index in [4.69, 9.17) is 18.5 Å². The van der Waals surface area contributed by atoms with Gasteiger partial charge in [0.1, 0.15) is 19.8 Å². The molecular weight excluding hydrogens is 797 g/mol. The van der Waals surface area contributed by atoms with Crippen LogP contribution >= 0.6 is 7.82 Å². The Labute approximate surface area is 372 Å². The fourth-order valence-electron chi connectivity index (χ4n) is 7.99. The van der Waals surface area contributed by atoms with Gasteiger partial charge in [0.2, 0.25) is 0 Å². The fourth-order valence-corrected chi connectivity index (χ4v) is 8.72. The molecule has 0 radical (unpaired) electrons. The largest absolute Gasteiger partial charge is 0.756 e. The fraction of sp³-hybridized carbons (Fsp3) is 0.917. The lowest BCUT2D eigenvalue weighted by molar-refractivity contribution is -0.870. The van der Waals surface area contributed by atoms with Crippen molar-refractivity contribution in [3.05, 3.63) is 12.2 Å². The number of nitrogens with zero attached hydrogens (tertiary/aromatic N) is 1. The van der Waals surface area contributed by atoms with Crippen molar-refractivity contribution in [3.8, 4) is 0 Å². The molecular formula is C48H92NO11P. The number of quaternary nitrogens is 1. The van der Waals surface area contributed by atoms with E-state index in [0.717, 1.165) is 64.2 Å². The van der Waals surface area contributed by atoms with Gasteiger partial charge in [0.15, 0.2) is 6.10 Å². The second-order valence-electron chi connectivity index (χ2n) is 18.8. The van der Waals surface area contributed by atoms with E-state index < -0.39 is 50.8 Å². The van der Waals surface area contributed by atoms with Crippen LogP contribution in [0.2, 0.25) is 0 Å². The zero-order valence-electron chi connectivity index (χ0n) is 39.5. The number of rotatable bonds is 41. The molecule has 0 aromatic carbocycles. The molecule has 1 aliphatic carbocycles. The number of aliphatic hydroxyl groups excluding tert-OH is 3. The number of carbonyl (C=O) groups is 2. The molecule has 1 aliphatic rings. The zero-order chi connectivity index (χ0) is 45.2. The normalized spacial score (nSPS) is 20.2. The summed E-state index contributed by atoms with van der Waals surface area (Å²) in [5, 5.41) is 31.4. The number of esters is 2. The lowest BCUT2D eigenvalue weighted by Crippen LogP contribution is -2.37. The highest BCUT2D eigenvalue weighted by atomic mass is 31.2. The molecule has 0 bridgehead atoms. The maximum atomic E-state index is 12.8. The first-order valence-corrected chi connectivity index (χ1v) is 26.1. The van der Waals surface area contributed by atoms with Gasteiger partial charge < -0.3 is 43.2 Å². The molecule has 0 spiro atoms. The minimum Gasteiger partial charge on any atom is -0.756 e. The van der Waals surface area contributed by atoms with Gasteiger partial charge >= 0.3 is 11.9 Å². The maximum absolute atomic E-state index is 12.8. The van der Waals surface area contributed by atoms with Crippen LogP contribution in [0, 0.1) is 11.8 Å². The van der Waals surface area contributed by atoms with Crippen molar-refractivity contribution >= 4 is 19.8 Å². The van der Waals surface area contributed by atoms with Crippen LogP contribution in [-0.4, -0.2) is 104 Å². The van der Waals surface area contributed by atoms with Crippen molar-refractivity contribution in [2.75, 3.05) is 47.5 Å². The van der Waals surface area contributed by atoms with Crippen molar-refractivity contribution < 1.29 is 57.4 Å². The van der Waals surface area contributed by atoms with Gasteiger partial charge in [-0.05, 0) is 31.6 Å². The Bertz CT molecular complexity index is 1160. The van der Waals surface area contributed by atoms with Gasteiger partial charge in [-0.3, -0.25) is 14.2 Å². The van der Waals surface area contributed by atoms with Crippen molar-refractivity contribution in [1.29, 1.82) is 0 Å². The first-order valence-electron chi connectivity index (χ1n) is 24.7. The molecule has 1 saturated carbocycles. The number of aliphatic hydroxyl groups is 3. The summed E-state index contributed by atoms with van der Waals surface area (Å²) in [6.45, 7) is 3.92. The molecule has 0 aromatic rings. The quantitative estimate of drug-likeness (QED) is 0.0175. The summed E-state index contributed by atoms with van der Waals surface area (Å²) in [6.07, 6.45) is 30.1. The van der Waals surface area contributed by atoms with Gasteiger partial charge in [-0.2, -0.15) is 0 Å². The van der Waals surface area contributed by atoms with E-state index in [1.807, 2.05) is 27.2 Å². The van der Waals surface area contributed by atoms with E-state index in [-0.39, 0.29) is 37.9 Å². The zero-order valence-corrected chi connectivity index (χ0v) is 40.3. The van der Waals surface area contributed by atoms with E-state index in [0.29, 0.717) is 36.7 Å². The molecule has 0 aromatic heterocycles. The highest BCUT2D eigenvalue weighted by Crippen LogP contribution is 2.39. The van der Waals surface area contributed by atoms with E-state index in [9.17, 15) is 34.4 Å². The lowest BCUT2D eigenvalue weighted by atomic mass is 9.88. The summed E-state index contributed by atoms with van der Waals surface area (Å²) >= 11 is 0. The smallest absolute Gasteiger partial charge is 0.306 e. The summed E-state index contributed by atoms with van der Waals surface area (Å²) in [4.78, 5) is 37.9. The number of carbonyl (C=O) groups excluding carboxylic acids is 2. The molecule has 12 nitrogen and oxygen atoms in total. The van der Waals surface area contributed by atoms with Gasteiger partial charge in [-0.1, -0.05) is 167 Å². The van der Waals surface area contributed by atoms with Crippen LogP contribution in [0.5, 0.6) is 0 Å². The number of unbranched alkanes of at least 4 members (excludes halogenated alkanes) is 21. The maximum Gasteiger partial charge on any atom is 0.306 e. The molecule has 0 heterocycles. The van der Waals surface area contributed by atoms with Gasteiger partial charge in [0, 0.05) is 25.2 Å². The third-order valence-electron chi connectivity index (χ3n) is 11.9. The standard InChI is InChI=1S/C48H92NO11P/c1-6-8-10-11-12-13-14-15-16-17-18-19-20-21-22-23-29-33-48(54)60-42(40-59-61(55,56)58-37-36-49(3,4)5)39-57-47(53)32-28-25-24-27-31-43-44(46(52)38-45(43)51)35-34-41(50)30-26-9-7-2/h34-35,41-46,50-52H,6-33,36-40H2,1-5H3/b35-34+/t41-,42+,43+,44+,45-,46+/m0/s1. The van der Waals surface area contributed by atoms with Gasteiger partial charge in [-0.25, -0.2) is 0 Å². The predicted octanol–water partition coefficient (Wildman–Crippen LogP) is 9.89. The highest BCUT2D eigenvalue weighted by molar-refractivity contribution is 7.45. The average Bonchev–Trinajstić information content (AvgIpc) is 3.47. The Hall–Kier alpha value is -1.37. The Morgan fingerprint density at radius 3 is 1.72 bits per heavy atom. The monoisotopic (exact) mass is 890 g/mol. The molecule has 7 atom stereocenters. The minimum absolute atomic E-state index is 0.0623. The van der Waals surface area contributed by atoms with Crippen LogP contribution in [0.3, 0.4) is 0 Å². The van der Waals surface area contributed by atoms with Gasteiger partial charge in [-0.15, -0.1) is 0 Å². The van der Waals surface area contributed by atoms with E-state index in [1.165, 1.54) is 83.5 Å². The van der Waals surface area contributed by atoms with Crippen LogP contribution in [0.1, 0.15) is 200 Å². The molecule has 3 N–H and O–H groups in total. The summed E-state index contributed by atoms with van der Waals surface area (Å²) < 4.78 is 34.0. The third kappa shape index (κ3) is 32.9. The Morgan fingerprint density at radius 2 is 1.18 bits per heavy atom. The summed E-state index contributed by atoms with van der Waals surface area (Å²) in [5.74, 6) is -1.24. The van der Waals surface area contributed by atoms with E-state index in [2.05, 4.69) is 13.8 Å². The van der Waals surface area contributed by atoms with Crippen molar-refractivity contribution in [2.24, 2.45) is 11.8 Å². The first-order chi connectivity index (χ1) is 29.2. The van der Waals surface area contributed by atoms with Crippen molar-refractivity contribution in [3.63, 3.8) is 0 Å². The number of hydrogen-bond donors (Lipinski definition) is 3. The first kappa shape index (κ1) is 57.6. The number of ether oxygens (including phenoxy) is 2. The SMILES string of the molecule is CCCCCCCCCCCCCCCCCCCC(=O)O[C@H](COC(=O)CCCCCC[C@@H]1[C@@H](/C=C/[C@@H](O)CCCCC)[C@H](O)C[C@@H]1O)COP(=O)([O-])OCC[N+](C)(C)C. The molecule has 1 unspecified atom stereocenters. The summed E-state index contributed by atoms with van der Waals surface area (Å²) in [6, 6.07) is 0. The molecule has 1 rings (SSSR count). The lowest BCUT2D eigenvalue weighted by Gasteiger charge is -2.28. The second kappa shape index (κ2) is 35.9. The third-order valence-corrected chi connectivity index (χ3v) is 12.9. The predicted molar refractivity (Wildman–Crippen MR) is 243 cm³/mol. The topological polar surface area (TPSA) is 172 Å². The van der Waals surface area contributed by atoms with Crippen LogP contribution in [-0.2, 0) is 32.7 Å². The molecule has 0 amide bonds. The molecule has 61 heavy (non-hydrogen) atoms. The van der Waals surface area contributed by atoms with Gasteiger partial charge in [0.25, 0.3) is 7.82 Å². The molecule has 13 heteroatoms. The second-order valence-corrected chi connectivity index (χ2v) is 20.2. The number of phosphoric ester groups is 1. The van der Waals surface area contributed by atoms with Crippen LogP contribution in [0.25, 0.3) is 0 Å². The Kier molecular flexibility index (Phi) is 33.9. The van der Waals surface area contributed by atoms with E-state index in [1.54, 1.807) is 6.08 Å². The number of likely N-dealkylation sites (N-methyl/N-ethyl adjacent to an activating group) is 1. The van der Waals surface area contributed by atoms with Crippen molar-refractivity contribution in [1.82, 2.24) is 0 Å². The van der Waals surface area contributed by atoms with Gasteiger partial charge in [0.05, 0.1) is 46.1 Å². The summed E-state index contributed by atoms with van der Waals surface area (Å²) in [7, 11) is 1.06. The number of phosphoric acid groups is 1. The summed E-state index contributed by atoms with van der Waals surface area (Å²) in [5.41, 5.74) is 0. The van der Waals surface area contributed by atoms with Crippen LogP contribution in [0.4, 0.5) is 0 Å².